The molecule has 1 aromatic carbocycles. The highest BCUT2D eigenvalue weighted by Crippen LogP contribution is 2.19. The Morgan fingerprint density at radius 1 is 1.18 bits per heavy atom. The Hall–Kier alpha value is -0.860. The average molecular weight is 235 g/mol. The third-order valence-electron chi connectivity index (χ3n) is 3.27. The Morgan fingerprint density at radius 2 is 1.82 bits per heavy atom. The molecule has 0 radical (unpaired) electrons. The molecule has 17 heavy (non-hydrogen) atoms. The van der Waals surface area contributed by atoms with Crippen LogP contribution in [0.3, 0.4) is 0 Å². The zero-order chi connectivity index (χ0) is 12.7. The molecule has 2 heteroatoms. The van der Waals surface area contributed by atoms with Gasteiger partial charge in [0.25, 0.3) is 0 Å². The minimum absolute atomic E-state index is 0.251. The van der Waals surface area contributed by atoms with Crippen molar-refractivity contribution >= 4 is 0 Å². The Labute approximate surface area is 105 Å². The van der Waals surface area contributed by atoms with Gasteiger partial charge in [-0.3, -0.25) is 0 Å². The molecule has 1 rings (SSSR count). The largest absolute Gasteiger partial charge is 0.396 e. The molecule has 2 N–H and O–H groups in total. The predicted octanol–water partition coefficient (Wildman–Crippen LogP) is 3.13. The Morgan fingerprint density at radius 3 is 2.29 bits per heavy atom. The van der Waals surface area contributed by atoms with Crippen molar-refractivity contribution < 1.29 is 5.11 Å². The third kappa shape index (κ3) is 4.49. The van der Waals surface area contributed by atoms with Gasteiger partial charge >= 0.3 is 0 Å². The quantitative estimate of drug-likeness (QED) is 0.761. The Bertz CT molecular complexity index is 297. The van der Waals surface area contributed by atoms with E-state index in [4.69, 9.17) is 5.11 Å². The van der Waals surface area contributed by atoms with Crippen LogP contribution in [0, 0.1) is 5.92 Å². The maximum Gasteiger partial charge on any atom is 0.0445 e. The molecule has 2 unspecified atom stereocenters. The number of aliphatic hydroxyl groups excluding tert-OH is 1. The molecule has 0 spiro atoms. The summed E-state index contributed by atoms with van der Waals surface area (Å²) in [7, 11) is 0. The van der Waals surface area contributed by atoms with Gasteiger partial charge in [-0.2, -0.15) is 0 Å². The van der Waals surface area contributed by atoms with Gasteiger partial charge in [0.15, 0.2) is 0 Å². The van der Waals surface area contributed by atoms with E-state index in [1.807, 2.05) is 6.07 Å². The second-order valence-corrected chi connectivity index (χ2v) is 4.90. The van der Waals surface area contributed by atoms with Gasteiger partial charge in [-0.15, -0.1) is 0 Å². The van der Waals surface area contributed by atoms with Crippen molar-refractivity contribution in [2.45, 2.75) is 45.7 Å². The second-order valence-electron chi connectivity index (χ2n) is 4.90. The van der Waals surface area contributed by atoms with E-state index < -0.39 is 0 Å². The van der Waals surface area contributed by atoms with E-state index in [1.54, 1.807) is 0 Å². The first kappa shape index (κ1) is 14.2. The van der Waals surface area contributed by atoms with E-state index in [2.05, 4.69) is 50.4 Å². The summed E-state index contributed by atoms with van der Waals surface area (Å²) in [6.07, 6.45) is 1.89. The van der Waals surface area contributed by atoms with Crippen LogP contribution in [-0.2, 0) is 0 Å². The van der Waals surface area contributed by atoms with Crippen LogP contribution in [0.4, 0.5) is 0 Å². The van der Waals surface area contributed by atoms with Crippen molar-refractivity contribution in [1.29, 1.82) is 0 Å². The van der Waals surface area contributed by atoms with Crippen LogP contribution in [0.1, 0.15) is 45.2 Å². The second kappa shape index (κ2) is 7.46. The minimum Gasteiger partial charge on any atom is -0.396 e. The molecule has 2 atom stereocenters. The molecule has 0 aromatic heterocycles. The molecule has 0 amide bonds. The maximum absolute atomic E-state index is 9.10. The van der Waals surface area contributed by atoms with Crippen molar-refractivity contribution in [3.8, 4) is 0 Å². The minimum atomic E-state index is 0.251. The van der Waals surface area contributed by atoms with Crippen LogP contribution in [-0.4, -0.2) is 17.8 Å². The maximum atomic E-state index is 9.10. The molecular weight excluding hydrogens is 210 g/mol. The lowest BCUT2D eigenvalue weighted by Crippen LogP contribution is -2.37. The molecule has 2 nitrogen and oxygen atoms in total. The molecule has 0 aliphatic rings. The molecule has 0 fully saturated rings. The van der Waals surface area contributed by atoms with Crippen LogP contribution >= 0.6 is 0 Å². The molecule has 0 bridgehead atoms. The number of benzene rings is 1. The summed E-state index contributed by atoms with van der Waals surface area (Å²) >= 11 is 0. The molecule has 1 aromatic rings. The molecule has 0 saturated carbocycles. The fourth-order valence-electron chi connectivity index (χ4n) is 2.14. The first-order valence-electron chi connectivity index (χ1n) is 6.60. The van der Waals surface area contributed by atoms with E-state index in [9.17, 15) is 0 Å². The Kier molecular flexibility index (Phi) is 6.23. The summed E-state index contributed by atoms with van der Waals surface area (Å²) in [5, 5.41) is 12.8. The Balaban J connectivity index is 2.68. The number of nitrogens with one attached hydrogen (secondary N) is 1. The standard InChI is InChI=1S/C15H25NO/c1-4-14(13-8-6-5-7-9-13)16-15(10-11-17)12(2)3/h5-9,12,14-17H,4,10-11H2,1-3H3. The summed E-state index contributed by atoms with van der Waals surface area (Å²) in [6, 6.07) is 11.3. The first-order chi connectivity index (χ1) is 8.19. The van der Waals surface area contributed by atoms with Gasteiger partial charge in [0.2, 0.25) is 0 Å². The van der Waals surface area contributed by atoms with Gasteiger partial charge in [-0.05, 0) is 24.3 Å². The van der Waals surface area contributed by atoms with Gasteiger partial charge in [0.05, 0.1) is 0 Å². The lowest BCUT2D eigenvalue weighted by Gasteiger charge is -2.27. The van der Waals surface area contributed by atoms with Crippen molar-refractivity contribution in [2.24, 2.45) is 5.92 Å². The average Bonchev–Trinajstić information content (AvgIpc) is 2.35. The van der Waals surface area contributed by atoms with Crippen LogP contribution in [0.5, 0.6) is 0 Å². The summed E-state index contributed by atoms with van der Waals surface area (Å²) < 4.78 is 0. The van der Waals surface area contributed by atoms with E-state index in [0.29, 0.717) is 18.0 Å². The van der Waals surface area contributed by atoms with Gasteiger partial charge in [0.1, 0.15) is 0 Å². The van der Waals surface area contributed by atoms with Crippen LogP contribution < -0.4 is 5.32 Å². The molecular formula is C15H25NO. The van der Waals surface area contributed by atoms with E-state index in [-0.39, 0.29) is 6.61 Å². The number of aliphatic hydroxyl groups is 1. The fraction of sp³-hybridized carbons (Fsp3) is 0.600. The van der Waals surface area contributed by atoms with E-state index in [0.717, 1.165) is 12.8 Å². The third-order valence-corrected chi connectivity index (χ3v) is 3.27. The van der Waals surface area contributed by atoms with Crippen molar-refractivity contribution in [1.82, 2.24) is 5.32 Å². The van der Waals surface area contributed by atoms with Gasteiger partial charge in [-0.25, -0.2) is 0 Å². The van der Waals surface area contributed by atoms with Crippen LogP contribution in [0.2, 0.25) is 0 Å². The monoisotopic (exact) mass is 235 g/mol. The lowest BCUT2D eigenvalue weighted by atomic mass is 9.97. The zero-order valence-electron chi connectivity index (χ0n) is 11.2. The topological polar surface area (TPSA) is 32.3 Å². The fourth-order valence-corrected chi connectivity index (χ4v) is 2.14. The zero-order valence-corrected chi connectivity index (χ0v) is 11.2. The summed E-state index contributed by atoms with van der Waals surface area (Å²) in [4.78, 5) is 0. The number of rotatable bonds is 7. The molecule has 0 heterocycles. The predicted molar refractivity (Wildman–Crippen MR) is 72.9 cm³/mol. The number of hydrogen-bond acceptors (Lipinski definition) is 2. The van der Waals surface area contributed by atoms with Crippen molar-refractivity contribution in [3.05, 3.63) is 35.9 Å². The highest BCUT2D eigenvalue weighted by Gasteiger charge is 2.17. The highest BCUT2D eigenvalue weighted by molar-refractivity contribution is 5.18. The molecule has 0 saturated heterocycles. The molecule has 0 aliphatic carbocycles. The normalized spacial score (nSPS) is 14.9. The van der Waals surface area contributed by atoms with Gasteiger partial charge in [0, 0.05) is 18.7 Å². The SMILES string of the molecule is CCC(NC(CCO)C(C)C)c1ccccc1. The highest BCUT2D eigenvalue weighted by atomic mass is 16.3. The van der Waals surface area contributed by atoms with Crippen LogP contribution in [0.25, 0.3) is 0 Å². The van der Waals surface area contributed by atoms with Crippen molar-refractivity contribution in [3.63, 3.8) is 0 Å². The smallest absolute Gasteiger partial charge is 0.0445 e. The van der Waals surface area contributed by atoms with Crippen LogP contribution in [0.15, 0.2) is 30.3 Å². The number of hydrogen-bond donors (Lipinski definition) is 2. The lowest BCUT2D eigenvalue weighted by molar-refractivity contribution is 0.233. The summed E-state index contributed by atoms with van der Waals surface area (Å²) in [5.41, 5.74) is 1.33. The van der Waals surface area contributed by atoms with Crippen molar-refractivity contribution in [2.75, 3.05) is 6.61 Å². The summed E-state index contributed by atoms with van der Waals surface area (Å²) in [5.74, 6) is 0.542. The van der Waals surface area contributed by atoms with E-state index >= 15 is 0 Å². The van der Waals surface area contributed by atoms with Gasteiger partial charge < -0.3 is 10.4 Å². The first-order valence-corrected chi connectivity index (χ1v) is 6.60. The van der Waals surface area contributed by atoms with Gasteiger partial charge in [-0.1, -0.05) is 51.1 Å². The molecule has 96 valence electrons. The molecule has 0 aliphatic heterocycles. The van der Waals surface area contributed by atoms with E-state index in [1.165, 1.54) is 5.56 Å². The summed E-state index contributed by atoms with van der Waals surface area (Å²) in [6.45, 7) is 6.85.